The molecule has 6 nitrogen and oxygen atoms in total. The zero-order valence-corrected chi connectivity index (χ0v) is 11.5. The number of thiazole rings is 1. The van der Waals surface area contributed by atoms with Gasteiger partial charge in [-0.2, -0.15) is 0 Å². The van der Waals surface area contributed by atoms with Crippen molar-refractivity contribution in [2.24, 2.45) is 0 Å². The summed E-state index contributed by atoms with van der Waals surface area (Å²) in [6.45, 7) is 3.83. The highest BCUT2D eigenvalue weighted by molar-refractivity contribution is 7.09. The summed E-state index contributed by atoms with van der Waals surface area (Å²) in [5.41, 5.74) is 0.970. The molecular formula is C11H17N3O3S. The number of nitrogens with zero attached hydrogens (tertiary/aromatic N) is 2. The highest BCUT2D eigenvalue weighted by Gasteiger charge is 2.21. The Morgan fingerprint density at radius 1 is 1.61 bits per heavy atom. The van der Waals surface area contributed by atoms with Gasteiger partial charge < -0.3 is 15.3 Å². The summed E-state index contributed by atoms with van der Waals surface area (Å²) in [6.07, 6.45) is 0.652. The second kappa shape index (κ2) is 6.34. The Labute approximate surface area is 110 Å². The lowest BCUT2D eigenvalue weighted by atomic mass is 10.3. The molecule has 1 aromatic rings. The van der Waals surface area contributed by atoms with Gasteiger partial charge in [0, 0.05) is 31.1 Å². The monoisotopic (exact) mass is 271 g/mol. The SMILES string of the molecule is Cc1csc(CCNC(=O)N(C)C(C)C(=O)O)n1. The Balaban J connectivity index is 2.35. The number of amides is 2. The Hall–Kier alpha value is -1.63. The van der Waals surface area contributed by atoms with Crippen molar-refractivity contribution >= 4 is 23.3 Å². The number of hydrogen-bond donors (Lipinski definition) is 2. The lowest BCUT2D eigenvalue weighted by Crippen LogP contribution is -2.46. The van der Waals surface area contributed by atoms with Crippen LogP contribution in [-0.4, -0.2) is 46.6 Å². The van der Waals surface area contributed by atoms with Gasteiger partial charge in [0.05, 0.1) is 5.01 Å². The molecule has 100 valence electrons. The number of aromatic nitrogens is 1. The van der Waals surface area contributed by atoms with Gasteiger partial charge in [0.1, 0.15) is 6.04 Å². The molecule has 2 amide bonds. The topological polar surface area (TPSA) is 82.5 Å². The fourth-order valence-corrected chi connectivity index (χ4v) is 2.04. The predicted octanol–water partition coefficient (Wildman–Crippen LogP) is 1.11. The largest absolute Gasteiger partial charge is 0.480 e. The maximum absolute atomic E-state index is 11.6. The molecule has 0 aromatic carbocycles. The van der Waals surface area contributed by atoms with Crippen molar-refractivity contribution in [3.05, 3.63) is 16.1 Å². The van der Waals surface area contributed by atoms with E-state index < -0.39 is 18.0 Å². The number of aliphatic carboxylic acids is 1. The van der Waals surface area contributed by atoms with Crippen molar-refractivity contribution in [3.63, 3.8) is 0 Å². The smallest absolute Gasteiger partial charge is 0.326 e. The quantitative estimate of drug-likeness (QED) is 0.840. The number of urea groups is 1. The first-order valence-electron chi connectivity index (χ1n) is 5.56. The lowest BCUT2D eigenvalue weighted by Gasteiger charge is -2.21. The number of nitrogens with one attached hydrogen (secondary N) is 1. The highest BCUT2D eigenvalue weighted by atomic mass is 32.1. The number of carbonyl (C=O) groups is 2. The van der Waals surface area contributed by atoms with Crippen LogP contribution >= 0.6 is 11.3 Å². The minimum absolute atomic E-state index is 0.391. The highest BCUT2D eigenvalue weighted by Crippen LogP contribution is 2.08. The minimum Gasteiger partial charge on any atom is -0.480 e. The van der Waals surface area contributed by atoms with Gasteiger partial charge in [-0.25, -0.2) is 14.6 Å². The summed E-state index contributed by atoms with van der Waals surface area (Å²) in [7, 11) is 1.46. The maximum atomic E-state index is 11.6. The van der Waals surface area contributed by atoms with Crippen molar-refractivity contribution in [2.45, 2.75) is 26.3 Å². The van der Waals surface area contributed by atoms with Crippen LogP contribution in [0.5, 0.6) is 0 Å². The van der Waals surface area contributed by atoms with Crippen LogP contribution in [0, 0.1) is 6.92 Å². The molecule has 1 unspecified atom stereocenters. The molecular weight excluding hydrogens is 254 g/mol. The van der Waals surface area contributed by atoms with E-state index in [2.05, 4.69) is 10.3 Å². The van der Waals surface area contributed by atoms with Crippen molar-refractivity contribution in [3.8, 4) is 0 Å². The van der Waals surface area contributed by atoms with Crippen LogP contribution < -0.4 is 5.32 Å². The third-order valence-electron chi connectivity index (χ3n) is 2.54. The molecule has 0 bridgehead atoms. The van der Waals surface area contributed by atoms with Crippen LogP contribution in [-0.2, 0) is 11.2 Å². The first-order valence-corrected chi connectivity index (χ1v) is 6.44. The van der Waals surface area contributed by atoms with Crippen molar-refractivity contribution in [1.29, 1.82) is 0 Å². The number of likely N-dealkylation sites (N-methyl/N-ethyl adjacent to an activating group) is 1. The van der Waals surface area contributed by atoms with E-state index in [9.17, 15) is 9.59 Å². The third kappa shape index (κ3) is 3.99. The van der Waals surface area contributed by atoms with Crippen LogP contribution in [0.1, 0.15) is 17.6 Å². The first kappa shape index (κ1) is 14.4. The van der Waals surface area contributed by atoms with Crippen LogP contribution in [0.15, 0.2) is 5.38 Å². The molecule has 18 heavy (non-hydrogen) atoms. The van der Waals surface area contributed by atoms with E-state index in [-0.39, 0.29) is 0 Å². The number of carboxylic acid groups (broad SMARTS) is 1. The minimum atomic E-state index is -1.02. The summed E-state index contributed by atoms with van der Waals surface area (Å²) >= 11 is 1.55. The zero-order valence-electron chi connectivity index (χ0n) is 10.6. The lowest BCUT2D eigenvalue weighted by molar-refractivity contribution is -0.141. The van der Waals surface area contributed by atoms with E-state index in [4.69, 9.17) is 5.11 Å². The number of aryl methyl sites for hydroxylation is 1. The number of hydrogen-bond acceptors (Lipinski definition) is 4. The van der Waals surface area contributed by atoms with Gasteiger partial charge in [0.2, 0.25) is 0 Å². The van der Waals surface area contributed by atoms with Gasteiger partial charge in [-0.05, 0) is 13.8 Å². The van der Waals surface area contributed by atoms with E-state index >= 15 is 0 Å². The van der Waals surface area contributed by atoms with Crippen LogP contribution in [0.4, 0.5) is 4.79 Å². The van der Waals surface area contributed by atoms with E-state index in [1.165, 1.54) is 14.0 Å². The Morgan fingerprint density at radius 3 is 2.78 bits per heavy atom. The van der Waals surface area contributed by atoms with E-state index in [0.29, 0.717) is 13.0 Å². The molecule has 7 heteroatoms. The average Bonchev–Trinajstić information content (AvgIpc) is 2.72. The molecule has 0 saturated heterocycles. The summed E-state index contributed by atoms with van der Waals surface area (Å²) in [4.78, 5) is 27.8. The molecule has 0 aliphatic rings. The van der Waals surface area contributed by atoms with Crippen LogP contribution in [0.3, 0.4) is 0 Å². The summed E-state index contributed by atoms with van der Waals surface area (Å²) in [6, 6.07) is -1.23. The zero-order chi connectivity index (χ0) is 13.7. The van der Waals surface area contributed by atoms with Crippen LogP contribution in [0.2, 0.25) is 0 Å². The fraction of sp³-hybridized carbons (Fsp3) is 0.545. The molecule has 1 aromatic heterocycles. The molecule has 0 aliphatic carbocycles. The predicted molar refractivity (Wildman–Crippen MR) is 68.8 cm³/mol. The average molecular weight is 271 g/mol. The molecule has 0 spiro atoms. The van der Waals surface area contributed by atoms with Crippen molar-refractivity contribution in [2.75, 3.05) is 13.6 Å². The number of rotatable bonds is 5. The summed E-state index contributed by atoms with van der Waals surface area (Å²) in [5.74, 6) is -1.02. The van der Waals surface area contributed by atoms with Crippen LogP contribution in [0.25, 0.3) is 0 Å². The summed E-state index contributed by atoms with van der Waals surface area (Å²) in [5, 5.41) is 14.4. The fourth-order valence-electron chi connectivity index (χ4n) is 1.26. The molecule has 0 aliphatic heterocycles. The van der Waals surface area contributed by atoms with E-state index in [0.717, 1.165) is 15.6 Å². The Kier molecular flexibility index (Phi) is 5.08. The Morgan fingerprint density at radius 2 is 2.28 bits per heavy atom. The standard InChI is InChI=1S/C11H17N3O3S/c1-7-6-18-9(13-7)4-5-12-11(17)14(3)8(2)10(15)16/h6,8H,4-5H2,1-3H3,(H,12,17)(H,15,16). The second-order valence-corrected chi connectivity index (χ2v) is 4.93. The van der Waals surface area contributed by atoms with E-state index in [1.54, 1.807) is 11.3 Å². The van der Waals surface area contributed by atoms with Gasteiger partial charge in [-0.1, -0.05) is 0 Å². The van der Waals surface area contributed by atoms with Crippen molar-refractivity contribution in [1.82, 2.24) is 15.2 Å². The molecule has 0 radical (unpaired) electrons. The second-order valence-electron chi connectivity index (χ2n) is 3.99. The van der Waals surface area contributed by atoms with Gasteiger partial charge in [0.15, 0.2) is 0 Å². The van der Waals surface area contributed by atoms with Gasteiger partial charge in [0.25, 0.3) is 0 Å². The Bertz CT molecular complexity index is 433. The molecule has 1 atom stereocenters. The molecule has 0 saturated carbocycles. The van der Waals surface area contributed by atoms with Gasteiger partial charge in [-0.15, -0.1) is 11.3 Å². The number of carbonyl (C=O) groups excluding carboxylic acids is 1. The first-order chi connectivity index (χ1) is 8.41. The maximum Gasteiger partial charge on any atom is 0.326 e. The van der Waals surface area contributed by atoms with Crippen molar-refractivity contribution < 1.29 is 14.7 Å². The molecule has 1 heterocycles. The summed E-state index contributed by atoms with van der Waals surface area (Å²) < 4.78 is 0. The molecule has 2 N–H and O–H groups in total. The third-order valence-corrected chi connectivity index (χ3v) is 3.57. The van der Waals surface area contributed by atoms with Gasteiger partial charge in [-0.3, -0.25) is 0 Å². The number of carboxylic acids is 1. The molecule has 1 rings (SSSR count). The molecule has 0 fully saturated rings. The van der Waals surface area contributed by atoms with E-state index in [1.807, 2.05) is 12.3 Å². The normalized spacial score (nSPS) is 11.9. The van der Waals surface area contributed by atoms with Gasteiger partial charge >= 0.3 is 12.0 Å².